The summed E-state index contributed by atoms with van der Waals surface area (Å²) in [5.74, 6) is -1.90. The van der Waals surface area contributed by atoms with Crippen molar-refractivity contribution in [1.29, 1.82) is 5.26 Å². The van der Waals surface area contributed by atoms with Gasteiger partial charge in [0.15, 0.2) is 0 Å². The van der Waals surface area contributed by atoms with Crippen LogP contribution in [0, 0.1) is 11.3 Å². The molecule has 1 N–H and O–H groups in total. The number of amides is 1. The molecule has 3 aromatic rings. The molecule has 1 aromatic heterocycles. The van der Waals surface area contributed by atoms with Crippen molar-refractivity contribution in [2.45, 2.75) is 95.2 Å². The molecule has 0 unspecified atom stereocenters. The molecule has 290 valence electrons. The Kier molecular flexibility index (Phi) is 11.1. The number of anilines is 2. The zero-order valence-electron chi connectivity index (χ0n) is 30.8. The molecule has 3 atom stereocenters. The number of nitrogens with zero attached hydrogens (tertiary/aromatic N) is 7. The van der Waals surface area contributed by atoms with Crippen molar-refractivity contribution >= 4 is 45.9 Å². The minimum atomic E-state index is -5.08. The molecule has 0 radical (unpaired) electrons. The monoisotopic (exact) mass is 771 g/mol. The van der Waals surface area contributed by atoms with E-state index in [2.05, 4.69) is 52.1 Å². The van der Waals surface area contributed by atoms with Crippen LogP contribution < -0.4 is 14.5 Å². The van der Waals surface area contributed by atoms with Gasteiger partial charge in [-0.05, 0) is 84.0 Å². The lowest BCUT2D eigenvalue weighted by Gasteiger charge is -2.49. The van der Waals surface area contributed by atoms with E-state index >= 15 is 0 Å². The first-order chi connectivity index (χ1) is 25.5. The van der Waals surface area contributed by atoms with E-state index < -0.39 is 23.3 Å². The van der Waals surface area contributed by atoms with Gasteiger partial charge in [-0.2, -0.15) is 28.4 Å². The molecule has 4 aliphatic heterocycles. The van der Waals surface area contributed by atoms with Gasteiger partial charge < -0.3 is 29.3 Å². The highest BCUT2D eigenvalue weighted by Gasteiger charge is 2.55. The second kappa shape index (κ2) is 15.3. The van der Waals surface area contributed by atoms with Gasteiger partial charge in [0, 0.05) is 42.3 Å². The van der Waals surface area contributed by atoms with Gasteiger partial charge in [0.05, 0.1) is 41.3 Å². The fourth-order valence-electron chi connectivity index (χ4n) is 8.09. The number of hydrogen-bond acceptors (Lipinski definition) is 10. The lowest BCUT2D eigenvalue weighted by atomic mass is 9.91. The van der Waals surface area contributed by atoms with E-state index in [9.17, 15) is 23.2 Å². The molecule has 54 heavy (non-hydrogen) atoms. The predicted octanol–water partition coefficient (Wildman–Crippen LogP) is 6.82. The minimum absolute atomic E-state index is 0.0769. The number of fused-ring (bicyclic) bond motifs is 4. The second-order valence-corrected chi connectivity index (χ2v) is 15.8. The molecule has 2 bridgehead atoms. The number of rotatable bonds is 6. The summed E-state index contributed by atoms with van der Waals surface area (Å²) in [7, 11) is 2.14. The number of carboxylic acids is 1. The van der Waals surface area contributed by atoms with Crippen molar-refractivity contribution < 1.29 is 37.3 Å². The first kappa shape index (κ1) is 39.2. The summed E-state index contributed by atoms with van der Waals surface area (Å²) in [4.78, 5) is 41.4. The molecule has 2 aromatic carbocycles. The van der Waals surface area contributed by atoms with E-state index in [0.29, 0.717) is 38.3 Å². The summed E-state index contributed by atoms with van der Waals surface area (Å²) < 4.78 is 44.0. The number of alkyl halides is 3. The lowest BCUT2D eigenvalue weighted by molar-refractivity contribution is -0.192. The summed E-state index contributed by atoms with van der Waals surface area (Å²) in [6.07, 6.45) is -0.617. The molecule has 16 heteroatoms. The van der Waals surface area contributed by atoms with Crippen LogP contribution in [0.4, 0.5) is 29.5 Å². The number of aromatic nitrogens is 2. The summed E-state index contributed by atoms with van der Waals surface area (Å²) in [5, 5.41) is 20.0. The van der Waals surface area contributed by atoms with Crippen LogP contribution in [0.25, 0.3) is 10.8 Å². The van der Waals surface area contributed by atoms with Crippen LogP contribution in [-0.4, -0.2) is 106 Å². The Morgan fingerprint density at radius 2 is 1.81 bits per heavy atom. The number of carbonyl (C=O) groups is 2. The number of likely N-dealkylation sites (tertiary alicyclic amines) is 1. The number of halogens is 4. The van der Waals surface area contributed by atoms with Crippen molar-refractivity contribution in [3.05, 3.63) is 52.7 Å². The van der Waals surface area contributed by atoms with Crippen LogP contribution in [0.1, 0.15) is 64.1 Å². The number of likely N-dealkylation sites (N-methyl/N-ethyl adjacent to an activating group) is 1. The number of ether oxygens (including phenoxy) is 2. The molecular weight excluding hydrogens is 727 g/mol. The van der Waals surface area contributed by atoms with E-state index in [1.54, 1.807) is 0 Å². The minimum Gasteiger partial charge on any atom is -0.475 e. The Bertz CT molecular complexity index is 1930. The summed E-state index contributed by atoms with van der Waals surface area (Å²) in [6.45, 7) is 9.75. The Morgan fingerprint density at radius 1 is 1.09 bits per heavy atom. The molecular formula is C38H45ClF3N7O5. The van der Waals surface area contributed by atoms with Crippen LogP contribution in [0.5, 0.6) is 6.01 Å². The Labute approximate surface area is 317 Å². The second-order valence-electron chi connectivity index (χ2n) is 15.4. The van der Waals surface area contributed by atoms with Crippen LogP contribution >= 0.6 is 11.6 Å². The zero-order valence-corrected chi connectivity index (χ0v) is 31.6. The maximum absolute atomic E-state index is 13.5. The van der Waals surface area contributed by atoms with Crippen LogP contribution in [-0.2, 0) is 22.5 Å². The Balaban J connectivity index is 0.000000649. The molecule has 3 fully saturated rings. The van der Waals surface area contributed by atoms with Gasteiger partial charge in [-0.3, -0.25) is 4.90 Å². The van der Waals surface area contributed by atoms with E-state index in [1.807, 2.05) is 37.8 Å². The third-order valence-corrected chi connectivity index (χ3v) is 10.9. The summed E-state index contributed by atoms with van der Waals surface area (Å²) in [5.41, 5.74) is 1.87. The number of nitriles is 1. The molecule has 0 saturated carbocycles. The molecule has 0 aliphatic carbocycles. The largest absolute Gasteiger partial charge is 0.490 e. The number of carboxylic acid groups (broad SMARTS) is 1. The zero-order chi connectivity index (χ0) is 39.0. The Morgan fingerprint density at radius 3 is 2.46 bits per heavy atom. The number of carbonyl (C=O) groups excluding carboxylic acids is 1. The van der Waals surface area contributed by atoms with Gasteiger partial charge >= 0.3 is 24.2 Å². The number of aliphatic carboxylic acids is 1. The van der Waals surface area contributed by atoms with Crippen molar-refractivity contribution in [3.8, 4) is 12.1 Å². The topological polar surface area (TPSA) is 135 Å². The van der Waals surface area contributed by atoms with Crippen LogP contribution in [0.2, 0.25) is 5.02 Å². The van der Waals surface area contributed by atoms with E-state index in [1.165, 1.54) is 0 Å². The number of piperazine rings is 1. The van der Waals surface area contributed by atoms with Gasteiger partial charge in [0.1, 0.15) is 18.0 Å². The number of hydrogen-bond donors (Lipinski definition) is 1. The molecule has 4 aliphatic rings. The molecule has 1 amide bonds. The van der Waals surface area contributed by atoms with Gasteiger partial charge in [0.25, 0.3) is 0 Å². The highest BCUT2D eigenvalue weighted by molar-refractivity contribution is 6.36. The third-order valence-electron chi connectivity index (χ3n) is 10.5. The average Bonchev–Trinajstić information content (AvgIpc) is 3.62. The highest BCUT2D eigenvalue weighted by Crippen LogP contribution is 2.45. The van der Waals surface area contributed by atoms with Gasteiger partial charge in [0.2, 0.25) is 0 Å². The van der Waals surface area contributed by atoms with Crippen LogP contribution in [0.15, 0.2) is 36.4 Å². The first-order valence-corrected chi connectivity index (χ1v) is 18.5. The lowest BCUT2D eigenvalue weighted by Crippen LogP contribution is -2.64. The normalized spacial score (nSPS) is 22.7. The smallest absolute Gasteiger partial charge is 0.475 e. The SMILES string of the molecule is CN1CCC[C@H]1COc1nc2c(c(N3C[C@H]4CC[C@@](CC#N)(C3)N4C(=O)OC(C)(C)C)n1)CCN(c1cccc3cccc(Cl)c13)C2.O=C(O)C(F)(F)F. The average molecular weight is 772 g/mol. The maximum atomic E-state index is 13.5. The molecule has 5 heterocycles. The fourth-order valence-corrected chi connectivity index (χ4v) is 8.37. The highest BCUT2D eigenvalue weighted by atomic mass is 35.5. The molecule has 3 saturated heterocycles. The Hall–Kier alpha value is -4.55. The standard InChI is InChI=1S/C36H44ClN7O3.C2HF3O2/c1-35(2,3)47-34(45)44-25-13-15-36(44,16-17-38)23-43(20-25)32-27-14-19-42(30-12-6-9-24-8-5-11-28(37)31(24)30)21-29(27)39-33(40-32)46-22-26-10-7-18-41(26)4;3-2(4,5)1(6)7/h5-6,8-9,11-12,25-26H,7,10,13-16,18-23H2,1-4H3;(H,6,7)/t25-,26+,36-;/m1./s1. The first-order valence-electron chi connectivity index (χ1n) is 18.1. The van der Waals surface area contributed by atoms with Crippen molar-refractivity contribution in [2.75, 3.05) is 49.6 Å². The van der Waals surface area contributed by atoms with Crippen molar-refractivity contribution in [2.24, 2.45) is 0 Å². The van der Waals surface area contributed by atoms with E-state index in [-0.39, 0.29) is 18.6 Å². The summed E-state index contributed by atoms with van der Waals surface area (Å²) >= 11 is 6.75. The van der Waals surface area contributed by atoms with Crippen LogP contribution in [0.3, 0.4) is 0 Å². The molecule has 7 rings (SSSR count). The quantitative estimate of drug-likeness (QED) is 0.283. The van der Waals surface area contributed by atoms with E-state index in [4.69, 9.17) is 40.9 Å². The maximum Gasteiger partial charge on any atom is 0.490 e. The van der Waals surface area contributed by atoms with Gasteiger partial charge in [-0.1, -0.05) is 35.9 Å². The van der Waals surface area contributed by atoms with Gasteiger partial charge in [-0.15, -0.1) is 0 Å². The van der Waals surface area contributed by atoms with Gasteiger partial charge in [-0.25, -0.2) is 9.59 Å². The fraction of sp³-hybridized carbons (Fsp3) is 0.553. The number of benzene rings is 2. The van der Waals surface area contributed by atoms with Crippen molar-refractivity contribution in [1.82, 2.24) is 19.8 Å². The predicted molar refractivity (Wildman–Crippen MR) is 197 cm³/mol. The van der Waals surface area contributed by atoms with E-state index in [0.717, 1.165) is 83.8 Å². The molecule has 0 spiro atoms. The van der Waals surface area contributed by atoms with Crippen molar-refractivity contribution in [3.63, 3.8) is 0 Å². The summed E-state index contributed by atoms with van der Waals surface area (Å²) in [6, 6.07) is 15.4. The third kappa shape index (κ3) is 8.24. The molecule has 12 nitrogen and oxygen atoms in total.